The predicted molar refractivity (Wildman–Crippen MR) is 116 cm³/mol. The molecule has 3 rings (SSSR count). The molecule has 8 heteroatoms. The highest BCUT2D eigenvalue weighted by molar-refractivity contribution is 6.27. The van der Waals surface area contributed by atoms with E-state index in [4.69, 9.17) is 24.5 Å². The first kappa shape index (κ1) is 24.0. The molecule has 31 heavy (non-hydrogen) atoms. The van der Waals surface area contributed by atoms with Crippen molar-refractivity contribution in [2.75, 3.05) is 46.4 Å². The number of rotatable bonds is 7. The number of likely N-dealkylation sites (N-methyl/N-ethyl adjacent to an activating group) is 1. The first-order valence-electron chi connectivity index (χ1n) is 10.1. The Labute approximate surface area is 181 Å². The number of ether oxygens (including phenoxy) is 1. The average molecular weight is 428 g/mol. The highest BCUT2D eigenvalue weighted by Crippen LogP contribution is 2.15. The smallest absolute Gasteiger partial charge is 0.414 e. The number of ketones is 1. The molecule has 0 unspecified atom stereocenters. The lowest BCUT2D eigenvalue weighted by molar-refractivity contribution is -0.159. The summed E-state index contributed by atoms with van der Waals surface area (Å²) in [7, 11) is 2.17. The zero-order chi connectivity index (χ0) is 22.6. The van der Waals surface area contributed by atoms with Crippen LogP contribution in [-0.2, 0) is 9.59 Å². The quantitative estimate of drug-likeness (QED) is 0.392. The summed E-state index contributed by atoms with van der Waals surface area (Å²) in [5.74, 6) is -2.78. The molecule has 166 valence electrons. The first-order valence-corrected chi connectivity index (χ1v) is 10.1. The Kier molecular flexibility index (Phi) is 9.67. The van der Waals surface area contributed by atoms with E-state index in [1.807, 2.05) is 54.6 Å². The molecular formula is C23H28N2O6. The van der Waals surface area contributed by atoms with Gasteiger partial charge in [-0.25, -0.2) is 9.59 Å². The van der Waals surface area contributed by atoms with Crippen LogP contribution in [0.25, 0.3) is 0 Å². The summed E-state index contributed by atoms with van der Waals surface area (Å²) in [6, 6.07) is 16.8. The van der Waals surface area contributed by atoms with Crippen LogP contribution >= 0.6 is 0 Å². The Hall–Kier alpha value is -3.23. The summed E-state index contributed by atoms with van der Waals surface area (Å²) >= 11 is 0. The minimum Gasteiger partial charge on any atom is -0.494 e. The first-order chi connectivity index (χ1) is 14.9. The summed E-state index contributed by atoms with van der Waals surface area (Å²) in [4.78, 5) is 35.4. The minimum atomic E-state index is -1.82. The van der Waals surface area contributed by atoms with Crippen molar-refractivity contribution in [1.29, 1.82) is 0 Å². The molecule has 0 amide bonds. The summed E-state index contributed by atoms with van der Waals surface area (Å²) in [6.45, 7) is 6.38. The molecule has 0 bridgehead atoms. The van der Waals surface area contributed by atoms with Crippen LogP contribution in [-0.4, -0.2) is 84.1 Å². The molecular weight excluding hydrogens is 400 g/mol. The van der Waals surface area contributed by atoms with Gasteiger partial charge >= 0.3 is 11.9 Å². The van der Waals surface area contributed by atoms with E-state index in [9.17, 15) is 4.79 Å². The van der Waals surface area contributed by atoms with E-state index in [1.54, 1.807) is 0 Å². The van der Waals surface area contributed by atoms with Crippen molar-refractivity contribution >= 4 is 17.7 Å². The van der Waals surface area contributed by atoms with Crippen LogP contribution in [0.1, 0.15) is 22.3 Å². The summed E-state index contributed by atoms with van der Waals surface area (Å²) < 4.78 is 5.81. The maximum atomic E-state index is 12.4. The van der Waals surface area contributed by atoms with Gasteiger partial charge in [-0.15, -0.1) is 0 Å². The third-order valence-electron chi connectivity index (χ3n) is 4.82. The second-order valence-corrected chi connectivity index (χ2v) is 7.18. The van der Waals surface area contributed by atoms with Crippen LogP contribution in [0.15, 0.2) is 54.6 Å². The third-order valence-corrected chi connectivity index (χ3v) is 4.82. The van der Waals surface area contributed by atoms with Crippen molar-refractivity contribution in [3.8, 4) is 5.75 Å². The number of hydrogen-bond donors (Lipinski definition) is 2. The van der Waals surface area contributed by atoms with Crippen LogP contribution in [0.5, 0.6) is 5.75 Å². The number of hydrogen-bond acceptors (Lipinski definition) is 6. The van der Waals surface area contributed by atoms with Gasteiger partial charge in [0.05, 0.1) is 6.61 Å². The van der Waals surface area contributed by atoms with Gasteiger partial charge in [0, 0.05) is 43.9 Å². The number of piperazine rings is 1. The largest absolute Gasteiger partial charge is 0.494 e. The third kappa shape index (κ3) is 8.57. The van der Waals surface area contributed by atoms with Crippen molar-refractivity contribution in [2.45, 2.75) is 6.42 Å². The van der Waals surface area contributed by atoms with E-state index in [-0.39, 0.29) is 5.78 Å². The molecule has 0 aliphatic carbocycles. The second-order valence-electron chi connectivity index (χ2n) is 7.18. The fourth-order valence-corrected chi connectivity index (χ4v) is 3.01. The molecule has 1 saturated heterocycles. The molecule has 0 radical (unpaired) electrons. The van der Waals surface area contributed by atoms with Gasteiger partial charge in [-0.2, -0.15) is 0 Å². The van der Waals surface area contributed by atoms with Crippen LogP contribution in [0.2, 0.25) is 0 Å². The molecule has 0 aromatic heterocycles. The van der Waals surface area contributed by atoms with Crippen LogP contribution in [0.3, 0.4) is 0 Å². The van der Waals surface area contributed by atoms with Crippen molar-refractivity contribution in [3.05, 3.63) is 65.7 Å². The van der Waals surface area contributed by atoms with Crippen molar-refractivity contribution in [3.63, 3.8) is 0 Å². The number of carbonyl (C=O) groups is 3. The Morgan fingerprint density at radius 3 is 1.94 bits per heavy atom. The van der Waals surface area contributed by atoms with E-state index in [0.717, 1.165) is 44.9 Å². The number of carboxylic acid groups (broad SMARTS) is 2. The normalized spacial score (nSPS) is 14.2. The maximum absolute atomic E-state index is 12.4. The van der Waals surface area contributed by atoms with Gasteiger partial charge in [0.15, 0.2) is 5.78 Å². The van der Waals surface area contributed by atoms with Crippen molar-refractivity contribution < 1.29 is 29.3 Å². The van der Waals surface area contributed by atoms with Gasteiger partial charge in [0.1, 0.15) is 5.75 Å². The molecule has 2 N–H and O–H groups in total. The zero-order valence-corrected chi connectivity index (χ0v) is 17.6. The van der Waals surface area contributed by atoms with E-state index >= 15 is 0 Å². The Balaban J connectivity index is 0.000000501. The van der Waals surface area contributed by atoms with Gasteiger partial charge in [0.25, 0.3) is 0 Å². The molecule has 1 aliphatic heterocycles. The lowest BCUT2D eigenvalue weighted by Crippen LogP contribution is -2.44. The monoisotopic (exact) mass is 428 g/mol. The Bertz CT molecular complexity index is 834. The van der Waals surface area contributed by atoms with Crippen molar-refractivity contribution in [1.82, 2.24) is 9.80 Å². The van der Waals surface area contributed by atoms with Gasteiger partial charge in [0.2, 0.25) is 0 Å². The number of carbonyl (C=O) groups excluding carboxylic acids is 1. The van der Waals surface area contributed by atoms with Gasteiger partial charge < -0.3 is 24.7 Å². The fraction of sp³-hybridized carbons (Fsp3) is 0.348. The zero-order valence-electron chi connectivity index (χ0n) is 17.6. The molecule has 1 fully saturated rings. The van der Waals surface area contributed by atoms with Gasteiger partial charge in [-0.1, -0.05) is 30.3 Å². The molecule has 2 aromatic rings. The van der Waals surface area contributed by atoms with E-state index in [2.05, 4.69) is 16.8 Å². The predicted octanol–water partition coefficient (Wildman–Crippen LogP) is 2.09. The molecule has 1 heterocycles. The van der Waals surface area contributed by atoms with Crippen LogP contribution < -0.4 is 4.74 Å². The second kappa shape index (κ2) is 12.5. The highest BCUT2D eigenvalue weighted by atomic mass is 16.5. The SMILES string of the molecule is CN1CCN(CCCOc2ccc(C(=O)c3ccccc3)cc2)CC1.O=C(O)C(=O)O. The molecule has 2 aromatic carbocycles. The number of nitrogens with zero attached hydrogens (tertiary/aromatic N) is 2. The van der Waals surface area contributed by atoms with E-state index < -0.39 is 11.9 Å². The average Bonchev–Trinajstić information content (AvgIpc) is 2.79. The molecule has 8 nitrogen and oxygen atoms in total. The van der Waals surface area contributed by atoms with E-state index in [1.165, 1.54) is 0 Å². The van der Waals surface area contributed by atoms with Gasteiger partial charge in [-0.3, -0.25) is 4.79 Å². The lowest BCUT2D eigenvalue weighted by Gasteiger charge is -2.32. The maximum Gasteiger partial charge on any atom is 0.414 e. The summed E-state index contributed by atoms with van der Waals surface area (Å²) in [6.07, 6.45) is 1.02. The molecule has 0 saturated carbocycles. The topological polar surface area (TPSA) is 107 Å². The lowest BCUT2D eigenvalue weighted by atomic mass is 10.0. The van der Waals surface area contributed by atoms with Gasteiger partial charge in [-0.05, 0) is 37.7 Å². The van der Waals surface area contributed by atoms with Crippen molar-refractivity contribution in [2.24, 2.45) is 0 Å². The summed E-state index contributed by atoms with van der Waals surface area (Å²) in [5.41, 5.74) is 1.40. The standard InChI is InChI=1S/C21H26N2O2.C2H2O4/c1-22-13-15-23(16-14-22)12-5-17-25-20-10-8-19(9-11-20)21(24)18-6-3-2-4-7-18;3-1(4)2(5)6/h2-4,6-11H,5,12-17H2,1H3;(H,3,4)(H,5,6). The molecule has 1 aliphatic rings. The minimum absolute atomic E-state index is 0.0437. The molecule has 0 atom stereocenters. The summed E-state index contributed by atoms with van der Waals surface area (Å²) in [5, 5.41) is 14.8. The van der Waals surface area contributed by atoms with Crippen LogP contribution in [0.4, 0.5) is 0 Å². The number of benzene rings is 2. The Morgan fingerprint density at radius 1 is 0.839 bits per heavy atom. The fourth-order valence-electron chi connectivity index (χ4n) is 3.01. The van der Waals surface area contributed by atoms with Crippen LogP contribution in [0, 0.1) is 0 Å². The van der Waals surface area contributed by atoms with E-state index in [0.29, 0.717) is 17.7 Å². The number of carboxylic acids is 2. The molecule has 0 spiro atoms. The Morgan fingerprint density at radius 2 is 1.39 bits per heavy atom. The number of aliphatic carboxylic acids is 2. The highest BCUT2D eigenvalue weighted by Gasteiger charge is 2.13.